The molecule has 0 aliphatic carbocycles. The zero-order valence-electron chi connectivity index (χ0n) is 11.7. The van der Waals surface area contributed by atoms with Crippen LogP contribution in [0.4, 0.5) is 0 Å². The summed E-state index contributed by atoms with van der Waals surface area (Å²) in [4.78, 5) is 14.3. The van der Waals surface area contributed by atoms with Gasteiger partial charge in [0.05, 0.1) is 7.11 Å². The number of likely N-dealkylation sites (N-methyl/N-ethyl adjacent to an activating group) is 1. The Labute approximate surface area is 114 Å². The second kappa shape index (κ2) is 6.17. The van der Waals surface area contributed by atoms with Crippen LogP contribution < -0.4 is 5.32 Å². The van der Waals surface area contributed by atoms with E-state index in [1.54, 1.807) is 0 Å². The lowest BCUT2D eigenvalue weighted by molar-refractivity contribution is -0.148. The van der Waals surface area contributed by atoms with E-state index in [9.17, 15) is 4.79 Å². The molecule has 0 radical (unpaired) electrons. The summed E-state index contributed by atoms with van der Waals surface area (Å²) >= 11 is 0. The van der Waals surface area contributed by atoms with Crippen molar-refractivity contribution < 1.29 is 9.53 Å². The van der Waals surface area contributed by atoms with Crippen LogP contribution in [-0.4, -0.2) is 43.2 Å². The molecule has 1 aliphatic rings. The SMILES string of the molecule is CCNC1(C(=O)OC)CCN(Cc2ccccc2)C1. The van der Waals surface area contributed by atoms with Gasteiger partial charge in [0.2, 0.25) is 0 Å². The van der Waals surface area contributed by atoms with Gasteiger partial charge >= 0.3 is 5.97 Å². The lowest BCUT2D eigenvalue weighted by Crippen LogP contribution is -2.54. The van der Waals surface area contributed by atoms with Gasteiger partial charge < -0.3 is 10.1 Å². The van der Waals surface area contributed by atoms with Crippen LogP contribution in [0.2, 0.25) is 0 Å². The minimum Gasteiger partial charge on any atom is -0.468 e. The number of rotatable bonds is 5. The van der Waals surface area contributed by atoms with Gasteiger partial charge in [0.1, 0.15) is 5.54 Å². The Morgan fingerprint density at radius 2 is 2.16 bits per heavy atom. The van der Waals surface area contributed by atoms with E-state index in [0.717, 1.165) is 26.1 Å². The molecule has 1 aromatic carbocycles. The predicted octanol–water partition coefficient (Wildman–Crippen LogP) is 1.41. The molecular weight excluding hydrogens is 240 g/mol. The van der Waals surface area contributed by atoms with Crippen molar-refractivity contribution in [2.24, 2.45) is 0 Å². The minimum atomic E-state index is -0.529. The summed E-state index contributed by atoms with van der Waals surface area (Å²) in [7, 11) is 1.46. The fraction of sp³-hybridized carbons (Fsp3) is 0.533. The van der Waals surface area contributed by atoms with Crippen LogP contribution in [0, 0.1) is 0 Å². The number of nitrogens with one attached hydrogen (secondary N) is 1. The Bertz CT molecular complexity index is 421. The Balaban J connectivity index is 2.02. The maximum absolute atomic E-state index is 12.0. The van der Waals surface area contributed by atoms with Gasteiger partial charge in [-0.15, -0.1) is 0 Å². The van der Waals surface area contributed by atoms with Crippen molar-refractivity contribution >= 4 is 5.97 Å². The average molecular weight is 262 g/mol. The molecule has 1 saturated heterocycles. The molecule has 0 saturated carbocycles. The van der Waals surface area contributed by atoms with Gasteiger partial charge in [0.15, 0.2) is 0 Å². The quantitative estimate of drug-likeness (QED) is 0.815. The van der Waals surface area contributed by atoms with Crippen LogP contribution in [0.3, 0.4) is 0 Å². The molecule has 1 aliphatic heterocycles. The highest BCUT2D eigenvalue weighted by Crippen LogP contribution is 2.24. The first-order valence-corrected chi connectivity index (χ1v) is 6.80. The summed E-state index contributed by atoms with van der Waals surface area (Å²) in [6, 6.07) is 10.3. The smallest absolute Gasteiger partial charge is 0.327 e. The Morgan fingerprint density at radius 1 is 1.42 bits per heavy atom. The molecule has 0 spiro atoms. The highest BCUT2D eigenvalue weighted by atomic mass is 16.5. The van der Waals surface area contributed by atoms with E-state index in [0.29, 0.717) is 6.54 Å². The van der Waals surface area contributed by atoms with Crippen molar-refractivity contribution in [2.75, 3.05) is 26.7 Å². The number of benzene rings is 1. The highest BCUT2D eigenvalue weighted by Gasteiger charge is 2.44. The van der Waals surface area contributed by atoms with Crippen molar-refractivity contribution in [3.63, 3.8) is 0 Å². The summed E-state index contributed by atoms with van der Waals surface area (Å²) < 4.78 is 4.96. The number of esters is 1. The molecule has 104 valence electrons. The van der Waals surface area contributed by atoms with Gasteiger partial charge in [0.25, 0.3) is 0 Å². The van der Waals surface area contributed by atoms with Gasteiger partial charge in [-0.2, -0.15) is 0 Å². The summed E-state index contributed by atoms with van der Waals surface area (Å²) in [5.74, 6) is -0.148. The molecule has 1 N–H and O–H groups in total. The number of nitrogens with zero attached hydrogens (tertiary/aromatic N) is 1. The number of methoxy groups -OCH3 is 1. The second-order valence-corrected chi connectivity index (χ2v) is 5.05. The summed E-state index contributed by atoms with van der Waals surface area (Å²) in [5, 5.41) is 3.31. The maximum Gasteiger partial charge on any atom is 0.327 e. The zero-order chi connectivity index (χ0) is 13.7. The average Bonchev–Trinajstić information content (AvgIpc) is 2.84. The molecule has 1 heterocycles. The second-order valence-electron chi connectivity index (χ2n) is 5.05. The monoisotopic (exact) mass is 262 g/mol. The first-order valence-electron chi connectivity index (χ1n) is 6.80. The van der Waals surface area contributed by atoms with Crippen LogP contribution in [0.5, 0.6) is 0 Å². The molecule has 4 heteroatoms. The molecule has 1 atom stereocenters. The van der Waals surface area contributed by atoms with Gasteiger partial charge in [-0.3, -0.25) is 9.69 Å². The summed E-state index contributed by atoms with van der Waals surface area (Å²) in [5.41, 5.74) is 0.748. The topological polar surface area (TPSA) is 41.6 Å². The number of likely N-dealkylation sites (tertiary alicyclic amines) is 1. The molecule has 2 rings (SSSR count). The van der Waals surface area contributed by atoms with E-state index in [-0.39, 0.29) is 5.97 Å². The zero-order valence-corrected chi connectivity index (χ0v) is 11.7. The molecule has 4 nitrogen and oxygen atoms in total. The van der Waals surface area contributed by atoms with E-state index < -0.39 is 5.54 Å². The van der Waals surface area contributed by atoms with Crippen molar-refractivity contribution in [1.82, 2.24) is 10.2 Å². The number of hydrogen-bond acceptors (Lipinski definition) is 4. The van der Waals surface area contributed by atoms with Gasteiger partial charge in [-0.25, -0.2) is 0 Å². The van der Waals surface area contributed by atoms with Crippen molar-refractivity contribution in [3.05, 3.63) is 35.9 Å². The van der Waals surface area contributed by atoms with Crippen molar-refractivity contribution in [3.8, 4) is 0 Å². The fourth-order valence-electron chi connectivity index (χ4n) is 2.78. The standard InChI is InChI=1S/C15H22N2O2/c1-3-16-15(14(18)19-2)9-10-17(12-15)11-13-7-5-4-6-8-13/h4-8,16H,3,9-12H2,1-2H3. The molecule has 0 aromatic heterocycles. The number of ether oxygens (including phenoxy) is 1. The normalized spacial score (nSPS) is 23.5. The van der Waals surface area contributed by atoms with Crippen molar-refractivity contribution in [2.45, 2.75) is 25.4 Å². The highest BCUT2D eigenvalue weighted by molar-refractivity contribution is 5.81. The first-order chi connectivity index (χ1) is 9.20. The van der Waals surface area contributed by atoms with E-state index in [2.05, 4.69) is 22.3 Å². The maximum atomic E-state index is 12.0. The molecular formula is C15H22N2O2. The van der Waals surface area contributed by atoms with Gasteiger partial charge in [0, 0.05) is 19.6 Å². The van der Waals surface area contributed by atoms with Crippen LogP contribution in [0.25, 0.3) is 0 Å². The minimum absolute atomic E-state index is 0.148. The molecule has 0 bridgehead atoms. The van der Waals surface area contributed by atoms with Crippen molar-refractivity contribution in [1.29, 1.82) is 0 Å². The fourth-order valence-corrected chi connectivity index (χ4v) is 2.78. The Morgan fingerprint density at radius 3 is 2.79 bits per heavy atom. The van der Waals surface area contributed by atoms with E-state index in [1.807, 2.05) is 25.1 Å². The number of hydrogen-bond donors (Lipinski definition) is 1. The largest absolute Gasteiger partial charge is 0.468 e. The summed E-state index contributed by atoms with van der Waals surface area (Å²) in [6.07, 6.45) is 0.806. The molecule has 1 fully saturated rings. The number of carbonyl (C=O) groups excluding carboxylic acids is 1. The molecule has 1 aromatic rings. The summed E-state index contributed by atoms with van der Waals surface area (Å²) in [6.45, 7) is 5.29. The van der Waals surface area contributed by atoms with Gasteiger partial charge in [-0.05, 0) is 18.5 Å². The number of carbonyl (C=O) groups is 1. The molecule has 19 heavy (non-hydrogen) atoms. The van der Waals surface area contributed by atoms with E-state index in [1.165, 1.54) is 12.7 Å². The van der Waals surface area contributed by atoms with Crippen LogP contribution >= 0.6 is 0 Å². The van der Waals surface area contributed by atoms with Crippen LogP contribution in [-0.2, 0) is 16.1 Å². The lowest BCUT2D eigenvalue weighted by Gasteiger charge is -2.27. The predicted molar refractivity (Wildman–Crippen MR) is 74.8 cm³/mol. The third kappa shape index (κ3) is 3.14. The van der Waals surface area contributed by atoms with E-state index >= 15 is 0 Å². The third-order valence-electron chi connectivity index (χ3n) is 3.69. The first kappa shape index (κ1) is 14.0. The molecule has 1 unspecified atom stereocenters. The van der Waals surface area contributed by atoms with Crippen LogP contribution in [0.1, 0.15) is 18.9 Å². The Hall–Kier alpha value is -1.39. The van der Waals surface area contributed by atoms with Crippen LogP contribution in [0.15, 0.2) is 30.3 Å². The van der Waals surface area contributed by atoms with Gasteiger partial charge in [-0.1, -0.05) is 37.3 Å². The third-order valence-corrected chi connectivity index (χ3v) is 3.69. The Kier molecular flexibility index (Phi) is 4.56. The molecule has 0 amide bonds. The van der Waals surface area contributed by atoms with E-state index in [4.69, 9.17) is 4.74 Å². The lowest BCUT2D eigenvalue weighted by atomic mass is 9.99.